The number of hydrogen-bond donors (Lipinski definition) is 2. The van der Waals surface area contributed by atoms with Gasteiger partial charge < -0.3 is 14.7 Å². The first kappa shape index (κ1) is 14.5. The Hall–Kier alpha value is -3.08. The molecular weight excluding hydrogens is 302 g/mol. The molecule has 0 saturated carbocycles. The number of nitrogens with zero attached hydrogens (tertiary/aromatic N) is 1. The molecule has 0 fully saturated rings. The second kappa shape index (κ2) is 6.20. The van der Waals surface area contributed by atoms with E-state index in [-0.39, 0.29) is 5.43 Å². The lowest BCUT2D eigenvalue weighted by Crippen LogP contribution is -2.06. The van der Waals surface area contributed by atoms with Crippen LogP contribution in [-0.4, -0.2) is 16.5 Å². The Labute approximate surface area is 138 Å². The van der Waals surface area contributed by atoms with Crippen molar-refractivity contribution in [1.82, 2.24) is 9.97 Å². The second-order valence-electron chi connectivity index (χ2n) is 5.71. The van der Waals surface area contributed by atoms with E-state index in [0.717, 1.165) is 29.9 Å². The predicted molar refractivity (Wildman–Crippen MR) is 95.4 cm³/mol. The summed E-state index contributed by atoms with van der Waals surface area (Å²) in [6.07, 6.45) is 1.55. The third-order valence-electron chi connectivity index (χ3n) is 3.97. The van der Waals surface area contributed by atoms with Gasteiger partial charge in [0.1, 0.15) is 11.3 Å². The second-order valence-corrected chi connectivity index (χ2v) is 5.71. The molecule has 0 unspecified atom stereocenters. The molecule has 0 radical (unpaired) electrons. The van der Waals surface area contributed by atoms with Gasteiger partial charge in [0.05, 0.1) is 16.4 Å². The first-order valence-electron chi connectivity index (χ1n) is 8.00. The highest BCUT2D eigenvalue weighted by atomic mass is 16.3. The number of benzene rings is 2. The number of hydrogen-bond acceptors (Lipinski definition) is 4. The molecule has 0 aliphatic carbocycles. The van der Waals surface area contributed by atoms with Crippen molar-refractivity contribution >= 4 is 28.0 Å². The molecular formula is C19H17N3O2. The zero-order chi connectivity index (χ0) is 16.4. The van der Waals surface area contributed by atoms with Crippen molar-refractivity contribution in [1.29, 1.82) is 0 Å². The molecule has 4 aromatic rings. The molecule has 2 aromatic carbocycles. The number of H-pyrrole nitrogens is 1. The molecule has 0 saturated heterocycles. The van der Waals surface area contributed by atoms with Gasteiger partial charge in [-0.15, -0.1) is 0 Å². The van der Waals surface area contributed by atoms with E-state index in [2.05, 4.69) is 15.3 Å². The summed E-state index contributed by atoms with van der Waals surface area (Å²) < 4.78 is 5.79. The Morgan fingerprint density at radius 3 is 2.83 bits per heavy atom. The average Bonchev–Trinajstić information content (AvgIpc) is 3.02. The van der Waals surface area contributed by atoms with Crippen molar-refractivity contribution in [3.63, 3.8) is 0 Å². The van der Waals surface area contributed by atoms with Crippen molar-refractivity contribution in [2.75, 3.05) is 11.9 Å². The van der Waals surface area contributed by atoms with Gasteiger partial charge in [-0.1, -0.05) is 24.3 Å². The topological polar surface area (TPSA) is 70.9 Å². The number of nitrogens with one attached hydrogen (secondary N) is 2. The van der Waals surface area contributed by atoms with E-state index in [4.69, 9.17) is 4.42 Å². The van der Waals surface area contributed by atoms with E-state index in [0.29, 0.717) is 23.2 Å². The molecule has 5 nitrogen and oxygen atoms in total. The van der Waals surface area contributed by atoms with E-state index in [1.165, 1.54) is 0 Å². The molecule has 0 bridgehead atoms. The number of anilines is 1. The smallest absolute Gasteiger partial charge is 0.201 e. The summed E-state index contributed by atoms with van der Waals surface area (Å²) in [4.78, 5) is 19.8. The molecule has 2 aromatic heterocycles. The van der Waals surface area contributed by atoms with E-state index in [1.54, 1.807) is 12.1 Å². The number of rotatable bonds is 5. The van der Waals surface area contributed by atoms with E-state index >= 15 is 0 Å². The van der Waals surface area contributed by atoms with Crippen LogP contribution >= 0.6 is 0 Å². The lowest BCUT2D eigenvalue weighted by atomic mass is 10.2. The van der Waals surface area contributed by atoms with Crippen molar-refractivity contribution in [3.8, 4) is 0 Å². The number of para-hydroxylation sites is 3. The molecule has 4 rings (SSSR count). The summed E-state index contributed by atoms with van der Waals surface area (Å²) in [5.74, 6) is 1.47. The van der Waals surface area contributed by atoms with Crippen LogP contribution in [0.3, 0.4) is 0 Å². The average molecular weight is 319 g/mol. The Morgan fingerprint density at radius 1 is 1.08 bits per heavy atom. The fourth-order valence-electron chi connectivity index (χ4n) is 2.78. The van der Waals surface area contributed by atoms with Crippen LogP contribution in [0.15, 0.2) is 63.8 Å². The van der Waals surface area contributed by atoms with Crippen LogP contribution < -0.4 is 10.7 Å². The number of fused-ring (bicyclic) bond motifs is 2. The summed E-state index contributed by atoms with van der Waals surface area (Å²) in [6, 6.07) is 16.8. The van der Waals surface area contributed by atoms with Gasteiger partial charge in [0, 0.05) is 19.0 Å². The minimum Gasteiger partial charge on any atom is -0.461 e. The molecule has 0 amide bonds. The monoisotopic (exact) mass is 319 g/mol. The van der Waals surface area contributed by atoms with Gasteiger partial charge >= 0.3 is 0 Å². The van der Waals surface area contributed by atoms with Crippen LogP contribution in [-0.2, 0) is 6.42 Å². The molecule has 0 atom stereocenters. The Morgan fingerprint density at radius 2 is 1.92 bits per heavy atom. The molecule has 24 heavy (non-hydrogen) atoms. The summed E-state index contributed by atoms with van der Waals surface area (Å²) in [5.41, 5.74) is 2.61. The van der Waals surface area contributed by atoms with Gasteiger partial charge in [-0.25, -0.2) is 4.98 Å². The minimum atomic E-state index is 0.0112. The van der Waals surface area contributed by atoms with E-state index in [9.17, 15) is 4.79 Å². The zero-order valence-corrected chi connectivity index (χ0v) is 13.1. The SMILES string of the molecule is O=c1cc(CCCNc2nc3ccccc3[nH]2)oc2ccccc12. The highest BCUT2D eigenvalue weighted by molar-refractivity contribution is 5.77. The normalized spacial score (nSPS) is 11.2. The number of aromatic nitrogens is 2. The summed E-state index contributed by atoms with van der Waals surface area (Å²) in [5, 5.41) is 3.90. The standard InChI is InChI=1S/C19H17N3O2/c23-17-12-13(24-18-10-4-1-7-14(17)18)6-5-11-20-19-21-15-8-2-3-9-16(15)22-19/h1-4,7-10,12H,5-6,11H2,(H2,20,21,22). The largest absolute Gasteiger partial charge is 0.461 e. The third kappa shape index (κ3) is 2.88. The van der Waals surface area contributed by atoms with Crippen LogP contribution in [0.4, 0.5) is 5.95 Å². The van der Waals surface area contributed by atoms with Gasteiger partial charge in [0.2, 0.25) is 5.95 Å². The molecule has 0 aliphatic rings. The van der Waals surface area contributed by atoms with Crippen LogP contribution in [0.25, 0.3) is 22.0 Å². The minimum absolute atomic E-state index is 0.0112. The fraction of sp³-hybridized carbons (Fsp3) is 0.158. The van der Waals surface area contributed by atoms with Gasteiger partial charge in [0.15, 0.2) is 5.43 Å². The lowest BCUT2D eigenvalue weighted by Gasteiger charge is -2.04. The lowest BCUT2D eigenvalue weighted by molar-refractivity contribution is 0.529. The molecule has 0 spiro atoms. The van der Waals surface area contributed by atoms with Gasteiger partial charge in [-0.2, -0.15) is 0 Å². The van der Waals surface area contributed by atoms with Gasteiger partial charge in [-0.05, 0) is 30.7 Å². The zero-order valence-electron chi connectivity index (χ0n) is 13.1. The maximum Gasteiger partial charge on any atom is 0.201 e. The molecule has 5 heteroatoms. The Kier molecular flexibility index (Phi) is 3.75. The first-order chi connectivity index (χ1) is 11.8. The van der Waals surface area contributed by atoms with Gasteiger partial charge in [-0.3, -0.25) is 4.79 Å². The van der Waals surface area contributed by atoms with Gasteiger partial charge in [0.25, 0.3) is 0 Å². The predicted octanol–water partition coefficient (Wildman–Crippen LogP) is 3.71. The first-order valence-corrected chi connectivity index (χ1v) is 8.00. The molecule has 0 aliphatic heterocycles. The van der Waals surface area contributed by atoms with Crippen LogP contribution in [0, 0.1) is 0 Å². The van der Waals surface area contributed by atoms with Crippen LogP contribution in [0.1, 0.15) is 12.2 Å². The summed E-state index contributed by atoms with van der Waals surface area (Å²) in [6.45, 7) is 0.746. The maximum atomic E-state index is 12.1. The Bertz CT molecular complexity index is 1020. The van der Waals surface area contributed by atoms with E-state index in [1.807, 2.05) is 42.5 Å². The number of imidazole rings is 1. The molecule has 2 N–H and O–H groups in total. The summed E-state index contributed by atoms with van der Waals surface area (Å²) >= 11 is 0. The van der Waals surface area contributed by atoms with Crippen LogP contribution in [0.5, 0.6) is 0 Å². The highest BCUT2D eigenvalue weighted by Gasteiger charge is 2.05. The number of aryl methyl sites for hydroxylation is 1. The third-order valence-corrected chi connectivity index (χ3v) is 3.97. The fourth-order valence-corrected chi connectivity index (χ4v) is 2.78. The number of aromatic amines is 1. The van der Waals surface area contributed by atoms with Crippen molar-refractivity contribution in [3.05, 3.63) is 70.6 Å². The maximum absolute atomic E-state index is 12.1. The highest BCUT2D eigenvalue weighted by Crippen LogP contribution is 2.14. The van der Waals surface area contributed by atoms with Crippen molar-refractivity contribution in [2.45, 2.75) is 12.8 Å². The quantitative estimate of drug-likeness (QED) is 0.550. The Balaban J connectivity index is 1.39. The van der Waals surface area contributed by atoms with Crippen molar-refractivity contribution in [2.24, 2.45) is 0 Å². The van der Waals surface area contributed by atoms with Crippen molar-refractivity contribution < 1.29 is 4.42 Å². The molecule has 2 heterocycles. The molecule has 120 valence electrons. The van der Waals surface area contributed by atoms with E-state index < -0.39 is 0 Å². The summed E-state index contributed by atoms with van der Waals surface area (Å²) in [7, 11) is 0. The van der Waals surface area contributed by atoms with Crippen LogP contribution in [0.2, 0.25) is 0 Å².